The number of anilines is 3. The Hall–Kier alpha value is -2.93. The van der Waals surface area contributed by atoms with Crippen LogP contribution in [0.25, 0.3) is 0 Å². The number of para-hydroxylation sites is 1. The Morgan fingerprint density at radius 2 is 1.85 bits per heavy atom. The summed E-state index contributed by atoms with van der Waals surface area (Å²) in [5.41, 5.74) is 3.44. The van der Waals surface area contributed by atoms with Crippen LogP contribution in [0.5, 0.6) is 0 Å². The monoisotopic (exact) mass is 462 g/mol. The number of carbonyl (C=O) groups excluding carboxylic acids is 1. The summed E-state index contributed by atoms with van der Waals surface area (Å²) in [5.74, 6) is 1.08. The molecule has 1 aromatic heterocycles. The van der Waals surface area contributed by atoms with E-state index in [0.717, 1.165) is 74.7 Å². The lowest BCUT2D eigenvalue weighted by Gasteiger charge is -2.36. The predicted octanol–water partition coefficient (Wildman–Crippen LogP) is 5.18. The van der Waals surface area contributed by atoms with Crippen molar-refractivity contribution >= 4 is 28.9 Å². The average Bonchev–Trinajstić information content (AvgIpc) is 3.66. The first-order chi connectivity index (χ1) is 16.6. The summed E-state index contributed by atoms with van der Waals surface area (Å²) in [4.78, 5) is 19.5. The van der Waals surface area contributed by atoms with Gasteiger partial charge in [0, 0.05) is 37.0 Å². The van der Waals surface area contributed by atoms with E-state index in [4.69, 9.17) is 14.9 Å². The number of pyridine rings is 1. The Labute approximate surface area is 201 Å². The van der Waals surface area contributed by atoms with Gasteiger partial charge in [-0.05, 0) is 62.6 Å². The van der Waals surface area contributed by atoms with Gasteiger partial charge in [-0.3, -0.25) is 0 Å². The minimum absolute atomic E-state index is 0.236. The van der Waals surface area contributed by atoms with E-state index >= 15 is 0 Å². The molecule has 3 aliphatic rings. The van der Waals surface area contributed by atoms with Gasteiger partial charge in [0.2, 0.25) is 0 Å². The van der Waals surface area contributed by atoms with E-state index < -0.39 is 5.97 Å². The van der Waals surface area contributed by atoms with Crippen LogP contribution in [0.1, 0.15) is 61.0 Å². The molecule has 180 valence electrons. The van der Waals surface area contributed by atoms with E-state index in [1.54, 1.807) is 0 Å². The number of aromatic nitrogens is 1. The van der Waals surface area contributed by atoms with E-state index in [9.17, 15) is 4.79 Å². The number of methoxy groups -OCH3 is 1. The fraction of sp³-hybridized carbons (Fsp3) is 0.519. The number of nitrogens with one attached hydrogen (secondary N) is 2. The molecule has 2 N–H and O–H groups in total. The summed E-state index contributed by atoms with van der Waals surface area (Å²) in [7, 11) is 1.38. The molecule has 2 aromatic rings. The molecule has 7 heteroatoms. The van der Waals surface area contributed by atoms with Crippen LogP contribution in [0.15, 0.2) is 36.4 Å². The Bertz CT molecular complexity index is 1030. The van der Waals surface area contributed by atoms with Crippen molar-refractivity contribution in [3.05, 3.63) is 47.7 Å². The largest absolute Gasteiger partial charge is 0.464 e. The number of nitrogens with zero attached hydrogens (tertiary/aromatic N) is 2. The van der Waals surface area contributed by atoms with Gasteiger partial charge in [-0.1, -0.05) is 24.6 Å². The molecule has 0 spiro atoms. The summed E-state index contributed by atoms with van der Waals surface area (Å²) in [6.07, 6.45) is 7.99. The minimum atomic E-state index is -0.471. The number of ether oxygens (including phenoxy) is 2. The highest BCUT2D eigenvalue weighted by atomic mass is 16.5. The number of hydrogen-bond acceptors (Lipinski definition) is 7. The maximum atomic E-state index is 12.5. The molecular formula is C27H34N4O3. The van der Waals surface area contributed by atoms with Crippen LogP contribution in [0.2, 0.25) is 0 Å². The fourth-order valence-electron chi connectivity index (χ4n) is 4.73. The van der Waals surface area contributed by atoms with E-state index in [0.29, 0.717) is 11.5 Å². The topological polar surface area (TPSA) is 87.5 Å². The molecule has 3 fully saturated rings. The second-order valence-corrected chi connectivity index (χ2v) is 9.74. The Morgan fingerprint density at radius 3 is 2.47 bits per heavy atom. The maximum absolute atomic E-state index is 12.5. The number of carbonyl (C=O) groups is 1. The van der Waals surface area contributed by atoms with Crippen LogP contribution < -0.4 is 10.2 Å². The van der Waals surface area contributed by atoms with Gasteiger partial charge in [0.1, 0.15) is 5.82 Å². The van der Waals surface area contributed by atoms with Gasteiger partial charge in [0.15, 0.2) is 5.69 Å². The van der Waals surface area contributed by atoms with Gasteiger partial charge in [-0.15, -0.1) is 0 Å². The van der Waals surface area contributed by atoms with Crippen molar-refractivity contribution in [3.63, 3.8) is 0 Å². The lowest BCUT2D eigenvalue weighted by Crippen LogP contribution is -2.39. The number of benzene rings is 1. The minimum Gasteiger partial charge on any atom is -0.464 e. The smallest absolute Gasteiger partial charge is 0.356 e. The zero-order valence-electron chi connectivity index (χ0n) is 19.9. The van der Waals surface area contributed by atoms with E-state index in [-0.39, 0.29) is 17.7 Å². The van der Waals surface area contributed by atoms with Crippen molar-refractivity contribution in [1.82, 2.24) is 4.98 Å². The molecule has 0 unspecified atom stereocenters. The number of piperidine rings is 1. The van der Waals surface area contributed by atoms with Crippen LogP contribution in [0.4, 0.5) is 17.2 Å². The van der Waals surface area contributed by atoms with Crippen molar-refractivity contribution < 1.29 is 14.3 Å². The second-order valence-electron chi connectivity index (χ2n) is 9.74. The highest BCUT2D eigenvalue weighted by Gasteiger charge is 2.32. The third kappa shape index (κ3) is 5.09. The van der Waals surface area contributed by atoms with Crippen LogP contribution in [0, 0.1) is 17.2 Å². The maximum Gasteiger partial charge on any atom is 0.356 e. The average molecular weight is 463 g/mol. The van der Waals surface area contributed by atoms with E-state index in [1.807, 2.05) is 36.4 Å². The van der Waals surface area contributed by atoms with Crippen LogP contribution in [-0.4, -0.2) is 49.6 Å². The molecule has 1 aromatic carbocycles. The Morgan fingerprint density at radius 1 is 1.12 bits per heavy atom. The Balaban J connectivity index is 1.48. The van der Waals surface area contributed by atoms with Gasteiger partial charge in [0.25, 0.3) is 0 Å². The third-order valence-corrected chi connectivity index (χ3v) is 7.26. The summed E-state index contributed by atoms with van der Waals surface area (Å²) in [6.45, 7) is 2.54. The van der Waals surface area contributed by atoms with E-state index in [2.05, 4.69) is 15.2 Å². The molecule has 1 saturated heterocycles. The van der Waals surface area contributed by atoms with Crippen molar-refractivity contribution in [1.29, 1.82) is 5.41 Å². The van der Waals surface area contributed by atoms with Crippen LogP contribution in [0.3, 0.4) is 0 Å². The second kappa shape index (κ2) is 10.1. The molecule has 7 nitrogen and oxygen atoms in total. The summed E-state index contributed by atoms with van der Waals surface area (Å²) >= 11 is 0. The van der Waals surface area contributed by atoms with Gasteiger partial charge >= 0.3 is 5.97 Å². The molecule has 1 aliphatic heterocycles. The first-order valence-corrected chi connectivity index (χ1v) is 12.5. The van der Waals surface area contributed by atoms with Crippen molar-refractivity contribution in [3.8, 4) is 0 Å². The zero-order chi connectivity index (χ0) is 23.5. The summed E-state index contributed by atoms with van der Waals surface area (Å²) < 4.78 is 11.2. The lowest BCUT2D eigenvalue weighted by molar-refractivity contribution is 0.0305. The SMILES string of the molecule is COC(=O)c1cc(N2CCC(OCC3CC3)CC2)c(C(=N)C2CCC2)c(Nc2ccccc2)n1. The quantitative estimate of drug-likeness (QED) is 0.395. The third-order valence-electron chi connectivity index (χ3n) is 7.26. The molecular weight excluding hydrogens is 428 g/mol. The van der Waals surface area contributed by atoms with Gasteiger partial charge in [-0.25, -0.2) is 9.78 Å². The van der Waals surface area contributed by atoms with Crippen molar-refractivity contribution in [2.45, 2.75) is 51.0 Å². The molecule has 0 bridgehead atoms. The normalized spacial score (nSPS) is 18.9. The standard InChI is InChI=1S/C27H34N4O3/c1-33-27(32)22-16-23(31-14-12-21(13-15-31)34-17-18-10-11-18)24(25(28)19-6-5-7-19)26(30-22)29-20-8-3-2-4-9-20/h2-4,8-9,16,18-19,21,28H,5-7,10-15,17H2,1H3,(H,29,30). The molecule has 5 rings (SSSR count). The first-order valence-electron chi connectivity index (χ1n) is 12.5. The lowest BCUT2D eigenvalue weighted by atomic mass is 9.79. The van der Waals surface area contributed by atoms with Gasteiger partial charge in [0.05, 0.1) is 24.5 Å². The van der Waals surface area contributed by atoms with E-state index in [1.165, 1.54) is 20.0 Å². The van der Waals surface area contributed by atoms with Gasteiger partial charge < -0.3 is 25.1 Å². The number of esters is 1. The van der Waals surface area contributed by atoms with Crippen molar-refractivity contribution in [2.24, 2.45) is 11.8 Å². The van der Waals surface area contributed by atoms with Crippen molar-refractivity contribution in [2.75, 3.05) is 37.0 Å². The molecule has 2 heterocycles. The molecule has 2 aliphatic carbocycles. The summed E-state index contributed by atoms with van der Waals surface area (Å²) in [6, 6.07) is 11.6. The Kier molecular flexibility index (Phi) is 6.81. The fourth-order valence-corrected chi connectivity index (χ4v) is 4.73. The van der Waals surface area contributed by atoms with Crippen LogP contribution in [-0.2, 0) is 9.47 Å². The van der Waals surface area contributed by atoms with Crippen LogP contribution >= 0.6 is 0 Å². The molecule has 34 heavy (non-hydrogen) atoms. The highest BCUT2D eigenvalue weighted by molar-refractivity contribution is 6.10. The summed E-state index contributed by atoms with van der Waals surface area (Å²) in [5, 5.41) is 12.5. The molecule has 0 amide bonds. The number of hydrogen-bond donors (Lipinski definition) is 2. The molecule has 0 radical (unpaired) electrons. The molecule has 2 saturated carbocycles. The predicted molar refractivity (Wildman–Crippen MR) is 133 cm³/mol. The zero-order valence-corrected chi connectivity index (χ0v) is 19.9. The number of rotatable bonds is 9. The van der Waals surface area contributed by atoms with Gasteiger partial charge in [-0.2, -0.15) is 0 Å². The molecule has 0 atom stereocenters. The highest BCUT2D eigenvalue weighted by Crippen LogP contribution is 2.38. The first kappa shape index (κ1) is 22.8.